The summed E-state index contributed by atoms with van der Waals surface area (Å²) < 4.78 is 38.0. The van der Waals surface area contributed by atoms with Crippen molar-refractivity contribution in [3.8, 4) is 12.3 Å². The minimum Gasteiger partial charge on any atom is -0.303 e. The van der Waals surface area contributed by atoms with Gasteiger partial charge in [0.1, 0.15) is 0 Å². The maximum atomic E-state index is 12.7. The quantitative estimate of drug-likeness (QED) is 0.751. The zero-order chi connectivity index (χ0) is 12.9. The highest BCUT2D eigenvalue weighted by atomic mass is 19.4. The second-order valence-corrected chi connectivity index (χ2v) is 4.76. The topological polar surface area (TPSA) is 12.0 Å². The van der Waals surface area contributed by atoms with E-state index in [0.717, 1.165) is 19.4 Å². The number of rotatable bonds is 4. The maximum absolute atomic E-state index is 12.7. The fourth-order valence-corrected chi connectivity index (χ4v) is 2.49. The Labute approximate surface area is 101 Å². The highest BCUT2D eigenvalue weighted by Crippen LogP contribution is 2.40. The molecule has 0 aromatic heterocycles. The summed E-state index contributed by atoms with van der Waals surface area (Å²) in [7, 11) is 0. The fraction of sp³-hybridized carbons (Fsp3) is 0.846. The Balaban J connectivity index is 2.56. The van der Waals surface area contributed by atoms with Crippen LogP contribution in [0.25, 0.3) is 0 Å². The summed E-state index contributed by atoms with van der Waals surface area (Å²) in [4.78, 5) is 0. The van der Waals surface area contributed by atoms with Gasteiger partial charge in [-0.05, 0) is 38.1 Å². The van der Waals surface area contributed by atoms with E-state index < -0.39 is 12.1 Å². The first-order chi connectivity index (χ1) is 7.99. The van der Waals surface area contributed by atoms with Gasteiger partial charge in [0.05, 0.1) is 12.0 Å². The molecular formula is C13H20F3N. The van der Waals surface area contributed by atoms with Crippen molar-refractivity contribution in [2.75, 3.05) is 6.54 Å². The average molecular weight is 247 g/mol. The first kappa shape index (κ1) is 14.4. The van der Waals surface area contributed by atoms with Gasteiger partial charge < -0.3 is 5.32 Å². The Morgan fingerprint density at radius 3 is 2.65 bits per heavy atom. The van der Waals surface area contributed by atoms with Crippen molar-refractivity contribution in [3.05, 3.63) is 0 Å². The predicted octanol–water partition coefficient (Wildman–Crippen LogP) is 3.36. The Kier molecular flexibility index (Phi) is 5.32. The van der Waals surface area contributed by atoms with Crippen LogP contribution in [0.3, 0.4) is 0 Å². The van der Waals surface area contributed by atoms with Crippen molar-refractivity contribution in [2.24, 2.45) is 11.8 Å². The number of terminal acetylenes is 1. The molecule has 0 bridgehead atoms. The highest BCUT2D eigenvalue weighted by molar-refractivity contribution is 5.03. The van der Waals surface area contributed by atoms with E-state index in [-0.39, 0.29) is 24.8 Å². The van der Waals surface area contributed by atoms with Gasteiger partial charge in [-0.2, -0.15) is 13.2 Å². The van der Waals surface area contributed by atoms with Crippen molar-refractivity contribution in [3.63, 3.8) is 0 Å². The monoisotopic (exact) mass is 247 g/mol. The summed E-state index contributed by atoms with van der Waals surface area (Å²) in [5.41, 5.74) is 0. The summed E-state index contributed by atoms with van der Waals surface area (Å²) in [5, 5.41) is 3.16. The minimum absolute atomic E-state index is 0.0353. The van der Waals surface area contributed by atoms with Gasteiger partial charge in [0.2, 0.25) is 0 Å². The van der Waals surface area contributed by atoms with Crippen molar-refractivity contribution in [1.29, 1.82) is 0 Å². The van der Waals surface area contributed by atoms with Gasteiger partial charge in [-0.25, -0.2) is 0 Å². The van der Waals surface area contributed by atoms with Crippen LogP contribution in [0.15, 0.2) is 0 Å². The van der Waals surface area contributed by atoms with Crippen LogP contribution in [0.1, 0.15) is 39.0 Å². The molecular weight excluding hydrogens is 227 g/mol. The molecule has 0 amide bonds. The molecule has 1 nitrogen and oxygen atoms in total. The van der Waals surface area contributed by atoms with Gasteiger partial charge in [0, 0.05) is 0 Å². The molecule has 1 fully saturated rings. The van der Waals surface area contributed by atoms with Gasteiger partial charge in [-0.3, -0.25) is 0 Å². The van der Waals surface area contributed by atoms with Crippen LogP contribution in [0.5, 0.6) is 0 Å². The van der Waals surface area contributed by atoms with E-state index in [0.29, 0.717) is 6.42 Å². The largest absolute Gasteiger partial charge is 0.391 e. The van der Waals surface area contributed by atoms with Gasteiger partial charge in [-0.1, -0.05) is 19.3 Å². The zero-order valence-electron chi connectivity index (χ0n) is 10.2. The van der Waals surface area contributed by atoms with Crippen molar-refractivity contribution in [1.82, 2.24) is 5.32 Å². The van der Waals surface area contributed by atoms with Crippen molar-refractivity contribution >= 4 is 0 Å². The molecule has 3 unspecified atom stereocenters. The molecule has 1 rings (SSSR count). The lowest BCUT2D eigenvalue weighted by atomic mass is 9.77. The average Bonchev–Trinajstić information content (AvgIpc) is 2.29. The normalized spacial score (nSPS) is 27.5. The van der Waals surface area contributed by atoms with Crippen molar-refractivity contribution in [2.45, 2.75) is 51.2 Å². The third kappa shape index (κ3) is 4.23. The van der Waals surface area contributed by atoms with Gasteiger partial charge >= 0.3 is 6.18 Å². The van der Waals surface area contributed by atoms with Crippen LogP contribution in [0.4, 0.5) is 13.2 Å². The summed E-state index contributed by atoms with van der Waals surface area (Å²) in [6, 6.07) is -0.208. The molecule has 1 aliphatic rings. The standard InChI is InChI=1S/C13H20F3N/c1-3-8-17-12(4-2)10-6-5-7-11(9-10)13(14,15)16/h2,10-12,17H,3,5-9H2,1H3. The molecule has 0 aromatic carbocycles. The molecule has 0 spiro atoms. The number of alkyl halides is 3. The van der Waals surface area contributed by atoms with Crippen LogP contribution in [-0.4, -0.2) is 18.8 Å². The van der Waals surface area contributed by atoms with E-state index >= 15 is 0 Å². The van der Waals surface area contributed by atoms with Crippen LogP contribution >= 0.6 is 0 Å². The molecule has 3 atom stereocenters. The lowest BCUT2D eigenvalue weighted by Gasteiger charge is -2.33. The van der Waals surface area contributed by atoms with E-state index in [4.69, 9.17) is 6.42 Å². The first-order valence-electron chi connectivity index (χ1n) is 6.25. The molecule has 1 N–H and O–H groups in total. The fourth-order valence-electron chi connectivity index (χ4n) is 2.49. The molecule has 98 valence electrons. The van der Waals surface area contributed by atoms with Gasteiger partial charge in [0.25, 0.3) is 0 Å². The third-order valence-corrected chi connectivity index (χ3v) is 3.44. The molecule has 0 aliphatic heterocycles. The molecule has 1 aliphatic carbocycles. The second-order valence-electron chi connectivity index (χ2n) is 4.76. The predicted molar refractivity (Wildman–Crippen MR) is 62.4 cm³/mol. The molecule has 0 heterocycles. The summed E-state index contributed by atoms with van der Waals surface area (Å²) >= 11 is 0. The second kappa shape index (κ2) is 6.30. The molecule has 0 saturated heterocycles. The Morgan fingerprint density at radius 1 is 1.41 bits per heavy atom. The van der Waals surface area contributed by atoms with Crippen molar-refractivity contribution < 1.29 is 13.2 Å². The minimum atomic E-state index is -4.07. The number of halogens is 3. The van der Waals surface area contributed by atoms with E-state index in [1.165, 1.54) is 0 Å². The number of nitrogens with one attached hydrogen (secondary N) is 1. The van der Waals surface area contributed by atoms with E-state index in [1.807, 2.05) is 6.92 Å². The molecule has 0 radical (unpaired) electrons. The first-order valence-corrected chi connectivity index (χ1v) is 6.25. The van der Waals surface area contributed by atoms with E-state index in [2.05, 4.69) is 11.2 Å². The Morgan fingerprint density at radius 2 is 2.12 bits per heavy atom. The van der Waals surface area contributed by atoms with Gasteiger partial charge in [0.15, 0.2) is 0 Å². The van der Waals surface area contributed by atoms with Crippen LogP contribution in [-0.2, 0) is 0 Å². The SMILES string of the molecule is C#CC(NCCC)C1CCCC(C(F)(F)F)C1. The lowest BCUT2D eigenvalue weighted by molar-refractivity contribution is -0.186. The van der Waals surface area contributed by atoms with Crippen LogP contribution < -0.4 is 5.32 Å². The smallest absolute Gasteiger partial charge is 0.303 e. The Hall–Kier alpha value is -0.690. The molecule has 17 heavy (non-hydrogen) atoms. The van der Waals surface area contributed by atoms with E-state index in [9.17, 15) is 13.2 Å². The maximum Gasteiger partial charge on any atom is 0.391 e. The third-order valence-electron chi connectivity index (χ3n) is 3.44. The number of hydrogen-bond donors (Lipinski definition) is 1. The Bertz CT molecular complexity index is 267. The summed E-state index contributed by atoms with van der Waals surface area (Å²) in [6.45, 7) is 2.78. The summed E-state index contributed by atoms with van der Waals surface area (Å²) in [6.07, 6.45) is 4.14. The molecule has 1 saturated carbocycles. The van der Waals surface area contributed by atoms with E-state index in [1.54, 1.807) is 0 Å². The molecule has 0 aromatic rings. The van der Waals surface area contributed by atoms with Crippen LogP contribution in [0, 0.1) is 24.2 Å². The molecule has 4 heteroatoms. The highest BCUT2D eigenvalue weighted by Gasteiger charge is 2.43. The summed E-state index contributed by atoms with van der Waals surface area (Å²) in [5.74, 6) is 1.40. The zero-order valence-corrected chi connectivity index (χ0v) is 10.2. The van der Waals surface area contributed by atoms with Gasteiger partial charge in [-0.15, -0.1) is 6.42 Å². The van der Waals surface area contributed by atoms with Crippen LogP contribution in [0.2, 0.25) is 0 Å². The number of hydrogen-bond acceptors (Lipinski definition) is 1. The lowest BCUT2D eigenvalue weighted by Crippen LogP contribution is -2.40.